The SMILES string of the molecule is Clc1snnc1CN1CCC[C@@H]1CCc1ccccc1. The molecule has 1 fully saturated rings. The molecule has 3 rings (SSSR count). The number of hydrogen-bond acceptors (Lipinski definition) is 4. The largest absolute Gasteiger partial charge is 0.294 e. The van der Waals surface area contributed by atoms with Crippen LogP contribution in [0.2, 0.25) is 4.34 Å². The number of aryl methyl sites for hydroxylation is 1. The predicted octanol–water partition coefficient (Wildman–Crippen LogP) is 3.79. The van der Waals surface area contributed by atoms with Gasteiger partial charge < -0.3 is 0 Å². The maximum Gasteiger partial charge on any atom is 0.138 e. The molecule has 0 bridgehead atoms. The van der Waals surface area contributed by atoms with Crippen LogP contribution in [0.15, 0.2) is 30.3 Å². The molecule has 20 heavy (non-hydrogen) atoms. The zero-order chi connectivity index (χ0) is 13.8. The van der Waals surface area contributed by atoms with E-state index in [1.807, 2.05) is 0 Å². The van der Waals surface area contributed by atoms with Crippen LogP contribution < -0.4 is 0 Å². The molecular weight excluding hydrogens is 290 g/mol. The fourth-order valence-electron chi connectivity index (χ4n) is 2.89. The van der Waals surface area contributed by atoms with E-state index < -0.39 is 0 Å². The van der Waals surface area contributed by atoms with Gasteiger partial charge in [-0.15, -0.1) is 5.10 Å². The van der Waals surface area contributed by atoms with Crippen LogP contribution in [-0.2, 0) is 13.0 Å². The zero-order valence-electron chi connectivity index (χ0n) is 11.3. The minimum Gasteiger partial charge on any atom is -0.294 e. The van der Waals surface area contributed by atoms with Crippen molar-refractivity contribution in [1.82, 2.24) is 14.5 Å². The first-order valence-electron chi connectivity index (χ1n) is 7.07. The topological polar surface area (TPSA) is 29.0 Å². The van der Waals surface area contributed by atoms with Crippen LogP contribution in [0, 0.1) is 0 Å². The maximum atomic E-state index is 6.11. The number of benzene rings is 1. The van der Waals surface area contributed by atoms with Crippen LogP contribution in [-0.4, -0.2) is 27.1 Å². The molecule has 0 unspecified atom stereocenters. The highest BCUT2D eigenvalue weighted by Crippen LogP contribution is 2.26. The van der Waals surface area contributed by atoms with Gasteiger partial charge in [-0.2, -0.15) is 0 Å². The molecule has 0 radical (unpaired) electrons. The lowest BCUT2D eigenvalue weighted by molar-refractivity contribution is 0.232. The average molecular weight is 308 g/mol. The number of rotatable bonds is 5. The second kappa shape index (κ2) is 6.66. The highest BCUT2D eigenvalue weighted by atomic mass is 35.5. The van der Waals surface area contributed by atoms with Gasteiger partial charge in [0, 0.05) is 24.1 Å². The molecule has 1 atom stereocenters. The van der Waals surface area contributed by atoms with Gasteiger partial charge in [-0.25, -0.2) is 0 Å². The van der Waals surface area contributed by atoms with Crippen LogP contribution in [0.4, 0.5) is 0 Å². The zero-order valence-corrected chi connectivity index (χ0v) is 12.9. The summed E-state index contributed by atoms with van der Waals surface area (Å²) in [6.45, 7) is 1.99. The summed E-state index contributed by atoms with van der Waals surface area (Å²) in [7, 11) is 0. The van der Waals surface area contributed by atoms with E-state index in [2.05, 4.69) is 44.8 Å². The van der Waals surface area contributed by atoms with Gasteiger partial charge in [-0.1, -0.05) is 46.4 Å². The normalized spacial score (nSPS) is 19.6. The van der Waals surface area contributed by atoms with Crippen LogP contribution in [0.1, 0.15) is 30.5 Å². The minimum absolute atomic E-state index is 0.646. The molecule has 0 spiro atoms. The summed E-state index contributed by atoms with van der Waals surface area (Å²) in [5.74, 6) is 0. The highest BCUT2D eigenvalue weighted by Gasteiger charge is 2.25. The first-order chi connectivity index (χ1) is 9.83. The molecule has 0 N–H and O–H groups in total. The monoisotopic (exact) mass is 307 g/mol. The van der Waals surface area contributed by atoms with Crippen molar-refractivity contribution in [2.45, 2.75) is 38.3 Å². The summed E-state index contributed by atoms with van der Waals surface area (Å²) < 4.78 is 4.65. The predicted molar refractivity (Wildman–Crippen MR) is 83.1 cm³/mol. The summed E-state index contributed by atoms with van der Waals surface area (Å²) >= 11 is 7.38. The average Bonchev–Trinajstić information content (AvgIpc) is 3.08. The maximum absolute atomic E-state index is 6.11. The van der Waals surface area contributed by atoms with Crippen molar-refractivity contribution in [2.75, 3.05) is 6.54 Å². The summed E-state index contributed by atoms with van der Waals surface area (Å²) in [4.78, 5) is 2.51. The Kier molecular flexibility index (Phi) is 4.65. The lowest BCUT2D eigenvalue weighted by Crippen LogP contribution is -2.29. The van der Waals surface area contributed by atoms with E-state index in [0.29, 0.717) is 6.04 Å². The van der Waals surface area contributed by atoms with Crippen molar-refractivity contribution in [1.29, 1.82) is 0 Å². The first-order valence-corrected chi connectivity index (χ1v) is 8.23. The molecule has 1 aliphatic heterocycles. The van der Waals surface area contributed by atoms with Gasteiger partial charge in [-0.3, -0.25) is 4.90 Å². The molecular formula is C15H18ClN3S. The molecule has 3 nitrogen and oxygen atoms in total. The fraction of sp³-hybridized carbons (Fsp3) is 0.467. The molecule has 1 aliphatic rings. The highest BCUT2D eigenvalue weighted by molar-refractivity contribution is 7.10. The number of nitrogens with zero attached hydrogens (tertiary/aromatic N) is 3. The van der Waals surface area contributed by atoms with Crippen LogP contribution in [0.5, 0.6) is 0 Å². The van der Waals surface area contributed by atoms with Gasteiger partial charge in [0.25, 0.3) is 0 Å². The molecule has 1 saturated heterocycles. The van der Waals surface area contributed by atoms with Gasteiger partial charge in [0.2, 0.25) is 0 Å². The summed E-state index contributed by atoms with van der Waals surface area (Å²) in [6, 6.07) is 11.4. The fourth-order valence-corrected chi connectivity index (χ4v) is 3.50. The Morgan fingerprint density at radius 2 is 2.15 bits per heavy atom. The van der Waals surface area contributed by atoms with Crippen molar-refractivity contribution in [3.8, 4) is 0 Å². The molecule has 0 aliphatic carbocycles. The van der Waals surface area contributed by atoms with Crippen molar-refractivity contribution in [2.24, 2.45) is 0 Å². The second-order valence-corrected chi connectivity index (χ2v) is 6.64. The third-order valence-electron chi connectivity index (χ3n) is 3.97. The first kappa shape index (κ1) is 14.0. The molecule has 0 saturated carbocycles. The van der Waals surface area contributed by atoms with E-state index in [1.165, 1.54) is 36.4 Å². The van der Waals surface area contributed by atoms with Crippen molar-refractivity contribution in [3.63, 3.8) is 0 Å². The standard InChI is InChI=1S/C15H18ClN3S/c16-15-14(17-18-20-15)11-19-10-4-7-13(19)9-8-12-5-2-1-3-6-12/h1-3,5-6,13H,4,7-11H2/t13-/m1/s1. The van der Waals surface area contributed by atoms with Gasteiger partial charge >= 0.3 is 0 Å². The summed E-state index contributed by atoms with van der Waals surface area (Å²) in [6.07, 6.45) is 4.90. The van der Waals surface area contributed by atoms with E-state index in [4.69, 9.17) is 11.6 Å². The Bertz CT molecular complexity index is 543. The molecule has 1 aromatic heterocycles. The van der Waals surface area contributed by atoms with Gasteiger partial charge in [0.1, 0.15) is 10.0 Å². The summed E-state index contributed by atoms with van der Waals surface area (Å²) in [5, 5.41) is 4.13. The van der Waals surface area contributed by atoms with E-state index in [1.54, 1.807) is 0 Å². The lowest BCUT2D eigenvalue weighted by atomic mass is 10.0. The molecule has 5 heteroatoms. The Morgan fingerprint density at radius 3 is 2.90 bits per heavy atom. The number of likely N-dealkylation sites (tertiary alicyclic amines) is 1. The van der Waals surface area contributed by atoms with E-state index in [9.17, 15) is 0 Å². The molecule has 1 aromatic carbocycles. The van der Waals surface area contributed by atoms with Crippen LogP contribution >= 0.6 is 23.1 Å². The minimum atomic E-state index is 0.646. The lowest BCUT2D eigenvalue weighted by Gasteiger charge is -2.23. The molecule has 2 aromatic rings. The Morgan fingerprint density at radius 1 is 1.30 bits per heavy atom. The Hall–Kier alpha value is -0.970. The quantitative estimate of drug-likeness (QED) is 0.841. The van der Waals surface area contributed by atoms with Gasteiger partial charge in [-0.05, 0) is 37.8 Å². The van der Waals surface area contributed by atoms with Crippen molar-refractivity contribution >= 4 is 23.1 Å². The Balaban J connectivity index is 1.57. The van der Waals surface area contributed by atoms with Gasteiger partial charge in [0.05, 0.1) is 0 Å². The number of aromatic nitrogens is 2. The number of hydrogen-bond donors (Lipinski definition) is 0. The van der Waals surface area contributed by atoms with E-state index >= 15 is 0 Å². The van der Waals surface area contributed by atoms with E-state index in [0.717, 1.165) is 29.5 Å². The molecule has 2 heterocycles. The molecule has 106 valence electrons. The van der Waals surface area contributed by atoms with Crippen LogP contribution in [0.3, 0.4) is 0 Å². The second-order valence-electron chi connectivity index (χ2n) is 5.28. The molecule has 0 amide bonds. The third kappa shape index (κ3) is 3.37. The number of halogens is 1. The van der Waals surface area contributed by atoms with Crippen molar-refractivity contribution in [3.05, 3.63) is 45.9 Å². The smallest absolute Gasteiger partial charge is 0.138 e. The van der Waals surface area contributed by atoms with Crippen molar-refractivity contribution < 1.29 is 0 Å². The van der Waals surface area contributed by atoms with E-state index in [-0.39, 0.29) is 0 Å². The summed E-state index contributed by atoms with van der Waals surface area (Å²) in [5.41, 5.74) is 2.36. The van der Waals surface area contributed by atoms with Gasteiger partial charge in [0.15, 0.2) is 0 Å². The van der Waals surface area contributed by atoms with Crippen LogP contribution in [0.25, 0.3) is 0 Å². The third-order valence-corrected chi connectivity index (χ3v) is 4.95. The Labute approximate surface area is 128 Å².